The largest absolute Gasteiger partial charge is 0.423 e. The molecule has 0 spiro atoms. The maximum absolute atomic E-state index is 12.9. The Bertz CT molecular complexity index is 1440. The van der Waals surface area contributed by atoms with Gasteiger partial charge in [0.1, 0.15) is 5.58 Å². The van der Waals surface area contributed by atoms with E-state index in [2.05, 4.69) is 16.6 Å². The second kappa shape index (κ2) is 7.90. The number of sulfonamides is 1. The number of hydrogen-bond acceptors (Lipinski definition) is 4. The normalized spacial score (nSPS) is 11.0. The van der Waals surface area contributed by atoms with Crippen LogP contribution in [0.5, 0.6) is 0 Å². The van der Waals surface area contributed by atoms with E-state index in [1.54, 1.807) is 42.5 Å². The van der Waals surface area contributed by atoms with Crippen LogP contribution in [0.2, 0.25) is 0 Å². The van der Waals surface area contributed by atoms with Crippen LogP contribution in [0.15, 0.2) is 93.0 Å². The van der Waals surface area contributed by atoms with Crippen LogP contribution in [0, 0.1) is 18.8 Å². The summed E-state index contributed by atoms with van der Waals surface area (Å²) in [4.78, 5) is 11.7. The summed E-state index contributed by atoms with van der Waals surface area (Å²) in [6.07, 6.45) is 0. The molecule has 0 bridgehead atoms. The molecule has 30 heavy (non-hydrogen) atoms. The lowest BCUT2D eigenvalue weighted by molar-refractivity contribution is 0.561. The maximum Gasteiger partial charge on any atom is 0.336 e. The Hall–Kier alpha value is -3.82. The molecule has 0 saturated carbocycles. The van der Waals surface area contributed by atoms with Crippen molar-refractivity contribution in [3.63, 3.8) is 0 Å². The van der Waals surface area contributed by atoms with Crippen LogP contribution in [-0.4, -0.2) is 8.42 Å². The highest BCUT2D eigenvalue weighted by molar-refractivity contribution is 7.92. The summed E-state index contributed by atoms with van der Waals surface area (Å²) in [5.74, 6) is 6.07. The van der Waals surface area contributed by atoms with Gasteiger partial charge in [-0.3, -0.25) is 4.72 Å². The molecule has 1 heterocycles. The molecular weight excluding hydrogens is 398 g/mol. The summed E-state index contributed by atoms with van der Waals surface area (Å²) in [7, 11) is -3.82. The fraction of sp³-hybridized carbons (Fsp3) is 0.0417. The molecule has 0 unspecified atom stereocenters. The quantitative estimate of drug-likeness (QED) is 0.400. The number of rotatable bonds is 3. The van der Waals surface area contributed by atoms with Crippen molar-refractivity contribution in [3.8, 4) is 11.8 Å². The van der Waals surface area contributed by atoms with Crippen LogP contribution in [0.4, 0.5) is 5.69 Å². The first-order valence-electron chi connectivity index (χ1n) is 9.16. The fourth-order valence-electron chi connectivity index (χ4n) is 2.95. The SMILES string of the molecule is Cc1ccc(S(=O)(=O)Nc2ccc3oc(=O)ccc3c2C#Cc2ccccc2)cc1. The summed E-state index contributed by atoms with van der Waals surface area (Å²) in [5, 5.41) is 0.544. The summed E-state index contributed by atoms with van der Waals surface area (Å²) < 4.78 is 33.6. The number of hydrogen-bond donors (Lipinski definition) is 1. The molecular formula is C24H17NO4S. The monoisotopic (exact) mass is 415 g/mol. The molecule has 148 valence electrons. The number of fused-ring (bicyclic) bond motifs is 1. The van der Waals surface area contributed by atoms with Gasteiger partial charge in [0, 0.05) is 17.0 Å². The van der Waals surface area contributed by atoms with Gasteiger partial charge >= 0.3 is 5.63 Å². The molecule has 6 heteroatoms. The Morgan fingerprint density at radius 1 is 0.833 bits per heavy atom. The zero-order valence-corrected chi connectivity index (χ0v) is 16.9. The van der Waals surface area contributed by atoms with Crippen LogP contribution in [-0.2, 0) is 10.0 Å². The van der Waals surface area contributed by atoms with Gasteiger partial charge in [0.05, 0.1) is 16.1 Å². The molecule has 4 rings (SSSR count). The Morgan fingerprint density at radius 2 is 1.57 bits per heavy atom. The Balaban J connectivity index is 1.85. The fourth-order valence-corrected chi connectivity index (χ4v) is 4.02. The van der Waals surface area contributed by atoms with E-state index < -0.39 is 15.6 Å². The molecule has 0 aliphatic heterocycles. The zero-order valence-electron chi connectivity index (χ0n) is 16.0. The molecule has 5 nitrogen and oxygen atoms in total. The first-order valence-corrected chi connectivity index (χ1v) is 10.6. The lowest BCUT2D eigenvalue weighted by Crippen LogP contribution is -2.14. The third-order valence-electron chi connectivity index (χ3n) is 4.48. The third kappa shape index (κ3) is 4.12. The molecule has 1 aromatic heterocycles. The highest BCUT2D eigenvalue weighted by atomic mass is 32.2. The van der Waals surface area contributed by atoms with E-state index in [1.165, 1.54) is 6.07 Å². The highest BCUT2D eigenvalue weighted by Crippen LogP contribution is 2.27. The summed E-state index contributed by atoms with van der Waals surface area (Å²) >= 11 is 0. The average Bonchev–Trinajstić information content (AvgIpc) is 2.73. The molecule has 0 amide bonds. The molecule has 3 aromatic carbocycles. The molecule has 0 atom stereocenters. The van der Waals surface area contributed by atoms with Gasteiger partial charge < -0.3 is 4.42 Å². The Labute approximate surface area is 174 Å². The third-order valence-corrected chi connectivity index (χ3v) is 5.86. The van der Waals surface area contributed by atoms with Gasteiger partial charge in [-0.2, -0.15) is 0 Å². The van der Waals surface area contributed by atoms with Crippen LogP contribution in [0.3, 0.4) is 0 Å². The van der Waals surface area contributed by atoms with Gasteiger partial charge in [0.15, 0.2) is 0 Å². The van der Waals surface area contributed by atoms with Crippen molar-refractivity contribution in [1.29, 1.82) is 0 Å². The lowest BCUT2D eigenvalue weighted by atomic mass is 10.1. The molecule has 4 aromatic rings. The van der Waals surface area contributed by atoms with Gasteiger partial charge in [-0.25, -0.2) is 13.2 Å². The Kier molecular flexibility index (Phi) is 5.13. The smallest absolute Gasteiger partial charge is 0.336 e. The topological polar surface area (TPSA) is 76.4 Å². The van der Waals surface area contributed by atoms with Crippen molar-refractivity contribution in [2.45, 2.75) is 11.8 Å². The van der Waals surface area contributed by atoms with Crippen molar-refractivity contribution < 1.29 is 12.8 Å². The van der Waals surface area contributed by atoms with Crippen molar-refractivity contribution in [3.05, 3.63) is 106 Å². The predicted molar refractivity (Wildman–Crippen MR) is 117 cm³/mol. The standard InChI is InChI=1S/C24H17NO4S/c1-17-7-10-19(11-8-17)30(27,28)25-22-14-15-23-21(13-16-24(26)29-23)20(22)12-9-18-5-3-2-4-6-18/h2-8,10-11,13-16,25H,1H3. The Morgan fingerprint density at radius 3 is 2.30 bits per heavy atom. The summed E-state index contributed by atoms with van der Waals surface area (Å²) in [6, 6.07) is 21.9. The molecule has 0 radical (unpaired) electrons. The van der Waals surface area contributed by atoms with E-state index >= 15 is 0 Å². The minimum absolute atomic E-state index is 0.148. The maximum atomic E-state index is 12.9. The van der Waals surface area contributed by atoms with Crippen molar-refractivity contribution in [2.75, 3.05) is 4.72 Å². The van der Waals surface area contributed by atoms with Gasteiger partial charge in [0.25, 0.3) is 10.0 Å². The van der Waals surface area contributed by atoms with Crippen molar-refractivity contribution in [1.82, 2.24) is 0 Å². The first kappa shape index (κ1) is 19.5. The number of anilines is 1. The van der Waals surface area contributed by atoms with Crippen LogP contribution >= 0.6 is 0 Å². The predicted octanol–water partition coefficient (Wildman–Crippen LogP) is 4.30. The number of aryl methyl sites for hydroxylation is 1. The van der Waals surface area contributed by atoms with Gasteiger partial charge in [-0.05, 0) is 49.4 Å². The van der Waals surface area contributed by atoms with E-state index in [0.717, 1.165) is 11.1 Å². The highest BCUT2D eigenvalue weighted by Gasteiger charge is 2.17. The van der Waals surface area contributed by atoms with E-state index in [-0.39, 0.29) is 4.90 Å². The molecule has 1 N–H and O–H groups in total. The number of benzene rings is 3. The van der Waals surface area contributed by atoms with E-state index in [1.807, 2.05) is 37.3 Å². The van der Waals surface area contributed by atoms with Crippen LogP contribution in [0.25, 0.3) is 11.0 Å². The molecule has 0 fully saturated rings. The molecule has 0 aliphatic carbocycles. The average molecular weight is 415 g/mol. The molecule has 0 aliphatic rings. The second-order valence-corrected chi connectivity index (χ2v) is 8.37. The van der Waals surface area contributed by atoms with Gasteiger partial charge in [-0.1, -0.05) is 47.7 Å². The first-order chi connectivity index (χ1) is 14.4. The van der Waals surface area contributed by atoms with Gasteiger partial charge in [-0.15, -0.1) is 0 Å². The minimum atomic E-state index is -3.82. The number of nitrogens with one attached hydrogen (secondary N) is 1. The van der Waals surface area contributed by atoms with Crippen molar-refractivity contribution >= 4 is 26.7 Å². The minimum Gasteiger partial charge on any atom is -0.423 e. The second-order valence-electron chi connectivity index (χ2n) is 6.69. The summed E-state index contributed by atoms with van der Waals surface area (Å²) in [5.41, 5.74) is 2.31. The van der Waals surface area contributed by atoms with Crippen LogP contribution in [0.1, 0.15) is 16.7 Å². The lowest BCUT2D eigenvalue weighted by Gasteiger charge is -2.12. The summed E-state index contributed by atoms with van der Waals surface area (Å²) in [6.45, 7) is 1.89. The van der Waals surface area contributed by atoms with Gasteiger partial charge in [0.2, 0.25) is 0 Å². The van der Waals surface area contributed by atoms with E-state index in [4.69, 9.17) is 4.42 Å². The van der Waals surface area contributed by atoms with Crippen LogP contribution < -0.4 is 10.3 Å². The molecule has 0 saturated heterocycles. The van der Waals surface area contributed by atoms with E-state index in [9.17, 15) is 13.2 Å². The van der Waals surface area contributed by atoms with Crippen molar-refractivity contribution in [2.24, 2.45) is 0 Å². The van der Waals surface area contributed by atoms with E-state index in [0.29, 0.717) is 22.2 Å². The zero-order chi connectivity index (χ0) is 21.1.